The zero-order chi connectivity index (χ0) is 17.2. The van der Waals surface area contributed by atoms with Crippen molar-refractivity contribution < 1.29 is 22.8 Å². The molecule has 4 nitrogen and oxygen atoms in total. The number of hydrogen-bond donors (Lipinski definition) is 2. The number of carbonyl (C=O) groups excluding carboxylic acids is 2. The minimum atomic E-state index is -4.61. The number of carbonyl (C=O) groups is 2. The Kier molecular flexibility index (Phi) is 5.19. The molecule has 1 aliphatic rings. The lowest BCUT2D eigenvalue weighted by Crippen LogP contribution is -2.36. The topological polar surface area (TPSA) is 58.2 Å². The highest BCUT2D eigenvalue weighted by molar-refractivity contribution is 6.31. The van der Waals surface area contributed by atoms with E-state index in [0.717, 1.165) is 25.0 Å². The van der Waals surface area contributed by atoms with Crippen LogP contribution in [0.3, 0.4) is 0 Å². The van der Waals surface area contributed by atoms with Gasteiger partial charge >= 0.3 is 6.18 Å². The zero-order valence-electron chi connectivity index (χ0n) is 12.3. The summed E-state index contributed by atoms with van der Waals surface area (Å²) < 4.78 is 38.2. The molecule has 2 amide bonds. The quantitative estimate of drug-likeness (QED) is 0.856. The fourth-order valence-corrected chi connectivity index (χ4v) is 2.39. The van der Waals surface area contributed by atoms with Crippen molar-refractivity contribution in [2.24, 2.45) is 11.8 Å². The maximum absolute atomic E-state index is 12.7. The number of nitrogens with one attached hydrogen (secondary N) is 2. The molecule has 0 aliphatic heterocycles. The van der Waals surface area contributed by atoms with Crippen molar-refractivity contribution in [2.75, 3.05) is 11.9 Å². The van der Waals surface area contributed by atoms with Gasteiger partial charge in [0.25, 0.3) is 0 Å². The normalized spacial score (nSPS) is 15.9. The number of halogens is 4. The van der Waals surface area contributed by atoms with E-state index in [1.54, 1.807) is 6.92 Å². The summed E-state index contributed by atoms with van der Waals surface area (Å²) in [7, 11) is 0. The van der Waals surface area contributed by atoms with E-state index >= 15 is 0 Å². The third-order valence-corrected chi connectivity index (χ3v) is 4.05. The lowest BCUT2D eigenvalue weighted by molar-refractivity contribution is -0.137. The van der Waals surface area contributed by atoms with E-state index in [9.17, 15) is 22.8 Å². The molecular weight excluding hydrogens is 333 g/mol. The predicted octanol–water partition coefficient (Wildman–Crippen LogP) is 3.46. The maximum Gasteiger partial charge on any atom is 0.417 e. The lowest BCUT2D eigenvalue weighted by Gasteiger charge is -2.13. The van der Waals surface area contributed by atoms with E-state index in [1.807, 2.05) is 0 Å². The van der Waals surface area contributed by atoms with Crippen LogP contribution in [0.4, 0.5) is 18.9 Å². The fourth-order valence-electron chi connectivity index (χ4n) is 2.16. The van der Waals surface area contributed by atoms with Crippen molar-refractivity contribution in [3.05, 3.63) is 28.8 Å². The molecule has 2 N–H and O–H groups in total. The van der Waals surface area contributed by atoms with Gasteiger partial charge in [0.15, 0.2) is 0 Å². The van der Waals surface area contributed by atoms with E-state index in [1.165, 1.54) is 6.07 Å². The van der Waals surface area contributed by atoms with Gasteiger partial charge in [-0.15, -0.1) is 0 Å². The zero-order valence-corrected chi connectivity index (χ0v) is 13.1. The number of rotatable bonds is 5. The molecule has 1 aromatic carbocycles. The van der Waals surface area contributed by atoms with E-state index in [0.29, 0.717) is 5.92 Å². The first-order valence-electron chi connectivity index (χ1n) is 7.13. The van der Waals surface area contributed by atoms with Crippen molar-refractivity contribution >= 4 is 29.1 Å². The second-order valence-corrected chi connectivity index (χ2v) is 5.99. The molecule has 2 rings (SSSR count). The molecule has 1 saturated carbocycles. The Morgan fingerprint density at radius 3 is 2.57 bits per heavy atom. The second kappa shape index (κ2) is 6.78. The van der Waals surface area contributed by atoms with Crippen LogP contribution in [0.1, 0.15) is 25.3 Å². The molecule has 1 aromatic rings. The van der Waals surface area contributed by atoms with Crippen LogP contribution in [0.2, 0.25) is 5.02 Å². The molecule has 1 unspecified atom stereocenters. The minimum Gasteiger partial charge on any atom is -0.347 e. The summed E-state index contributed by atoms with van der Waals surface area (Å²) in [5, 5.41) is 4.35. The molecule has 0 spiro atoms. The summed E-state index contributed by atoms with van der Waals surface area (Å²) in [5.74, 6) is -0.620. The van der Waals surface area contributed by atoms with Gasteiger partial charge in [-0.05, 0) is 37.0 Å². The average molecular weight is 349 g/mol. The van der Waals surface area contributed by atoms with Gasteiger partial charge in [-0.2, -0.15) is 13.2 Å². The highest BCUT2D eigenvalue weighted by Gasteiger charge is 2.34. The monoisotopic (exact) mass is 348 g/mol. The summed E-state index contributed by atoms with van der Waals surface area (Å²) in [4.78, 5) is 23.5. The molecule has 8 heteroatoms. The Balaban J connectivity index is 1.91. The van der Waals surface area contributed by atoms with Crippen LogP contribution in [-0.2, 0) is 15.8 Å². The molecule has 0 bridgehead atoms. The van der Waals surface area contributed by atoms with Gasteiger partial charge in [0.05, 0.1) is 17.1 Å². The standard InChI is InChI=1S/C15H16ClF3N2O2/c1-8(9-2-3-9)14(23)20-7-13(22)21-10-4-5-12(16)11(6-10)15(17,18)19/h4-6,8-9H,2-3,7H2,1H3,(H,20,23)(H,21,22). The third-order valence-electron chi connectivity index (χ3n) is 3.72. The van der Waals surface area contributed by atoms with Crippen molar-refractivity contribution in [2.45, 2.75) is 25.9 Å². The van der Waals surface area contributed by atoms with Gasteiger partial charge in [-0.3, -0.25) is 9.59 Å². The van der Waals surface area contributed by atoms with E-state index < -0.39 is 22.7 Å². The minimum absolute atomic E-state index is 0.0313. The molecule has 1 fully saturated rings. The van der Waals surface area contributed by atoms with Crippen LogP contribution < -0.4 is 10.6 Å². The second-order valence-electron chi connectivity index (χ2n) is 5.58. The fraction of sp³-hybridized carbons (Fsp3) is 0.467. The van der Waals surface area contributed by atoms with Gasteiger partial charge in [-0.25, -0.2) is 0 Å². The third kappa shape index (κ3) is 4.86. The first-order valence-corrected chi connectivity index (χ1v) is 7.50. The van der Waals surface area contributed by atoms with Crippen LogP contribution in [0, 0.1) is 11.8 Å². The summed E-state index contributed by atoms with van der Waals surface area (Å²) in [5.41, 5.74) is -1.06. The molecule has 0 saturated heterocycles. The number of benzene rings is 1. The molecule has 23 heavy (non-hydrogen) atoms. The Labute approximate surface area is 136 Å². The Bertz CT molecular complexity index is 615. The van der Waals surface area contributed by atoms with Crippen LogP contribution >= 0.6 is 11.6 Å². The van der Waals surface area contributed by atoms with Crippen LogP contribution in [0.25, 0.3) is 0 Å². The first kappa shape index (κ1) is 17.6. The smallest absolute Gasteiger partial charge is 0.347 e. The molecule has 0 radical (unpaired) electrons. The molecule has 1 atom stereocenters. The molecule has 0 heterocycles. The number of hydrogen-bond acceptors (Lipinski definition) is 2. The highest BCUT2D eigenvalue weighted by Crippen LogP contribution is 2.37. The largest absolute Gasteiger partial charge is 0.417 e. The van der Waals surface area contributed by atoms with Crippen molar-refractivity contribution in [3.8, 4) is 0 Å². The summed E-state index contributed by atoms with van der Waals surface area (Å²) in [6.45, 7) is 1.50. The molecular formula is C15H16ClF3N2O2. The van der Waals surface area contributed by atoms with Gasteiger partial charge < -0.3 is 10.6 Å². The summed E-state index contributed by atoms with van der Waals surface area (Å²) in [6, 6.07) is 3.09. The lowest BCUT2D eigenvalue weighted by atomic mass is 10.1. The summed E-state index contributed by atoms with van der Waals surface area (Å²) in [6.07, 6.45) is -2.59. The van der Waals surface area contributed by atoms with Crippen molar-refractivity contribution in [3.63, 3.8) is 0 Å². The van der Waals surface area contributed by atoms with Crippen molar-refractivity contribution in [1.82, 2.24) is 5.32 Å². The van der Waals surface area contributed by atoms with Gasteiger partial charge in [0.1, 0.15) is 0 Å². The molecule has 0 aromatic heterocycles. The van der Waals surface area contributed by atoms with Gasteiger partial charge in [0, 0.05) is 11.6 Å². The number of alkyl halides is 3. The van der Waals surface area contributed by atoms with Crippen molar-refractivity contribution in [1.29, 1.82) is 0 Å². The molecule has 1 aliphatic carbocycles. The van der Waals surface area contributed by atoms with Crippen LogP contribution in [0.15, 0.2) is 18.2 Å². The van der Waals surface area contributed by atoms with Crippen LogP contribution in [0.5, 0.6) is 0 Å². The van der Waals surface area contributed by atoms with E-state index in [-0.39, 0.29) is 24.1 Å². The van der Waals surface area contributed by atoms with E-state index in [4.69, 9.17) is 11.6 Å². The Morgan fingerprint density at radius 1 is 1.35 bits per heavy atom. The predicted molar refractivity (Wildman–Crippen MR) is 80.0 cm³/mol. The average Bonchev–Trinajstić information content (AvgIpc) is 3.29. The highest BCUT2D eigenvalue weighted by atomic mass is 35.5. The summed E-state index contributed by atoms with van der Waals surface area (Å²) >= 11 is 5.50. The SMILES string of the molecule is CC(C(=O)NCC(=O)Nc1ccc(Cl)c(C(F)(F)F)c1)C1CC1. The van der Waals surface area contributed by atoms with E-state index in [2.05, 4.69) is 10.6 Å². The molecule has 126 valence electrons. The van der Waals surface area contributed by atoms with Gasteiger partial charge in [-0.1, -0.05) is 18.5 Å². The number of amides is 2. The first-order chi connectivity index (χ1) is 10.7. The Morgan fingerprint density at radius 2 is 2.00 bits per heavy atom. The Hall–Kier alpha value is -1.76. The van der Waals surface area contributed by atoms with Crippen LogP contribution in [-0.4, -0.2) is 18.4 Å². The van der Waals surface area contributed by atoms with Gasteiger partial charge in [0.2, 0.25) is 11.8 Å². The maximum atomic E-state index is 12.7. The number of anilines is 1.